The summed E-state index contributed by atoms with van der Waals surface area (Å²) in [7, 11) is -1.16. The van der Waals surface area contributed by atoms with Gasteiger partial charge in [-0.3, -0.25) is 0 Å². The van der Waals surface area contributed by atoms with Crippen molar-refractivity contribution in [3.63, 3.8) is 0 Å². The van der Waals surface area contributed by atoms with Gasteiger partial charge in [-0.2, -0.15) is 4.40 Å². The van der Waals surface area contributed by atoms with Gasteiger partial charge >= 0.3 is 0 Å². The van der Waals surface area contributed by atoms with Crippen LogP contribution in [0.3, 0.4) is 0 Å². The highest BCUT2D eigenvalue weighted by molar-refractivity contribution is 7.85. The first-order valence-electron chi connectivity index (χ1n) is 8.06. The van der Waals surface area contributed by atoms with E-state index in [9.17, 15) is 4.21 Å². The molecule has 1 saturated heterocycles. The summed E-state index contributed by atoms with van der Waals surface area (Å²) in [6.45, 7) is 6.89. The molecule has 0 radical (unpaired) electrons. The predicted octanol–water partition coefficient (Wildman–Crippen LogP) is 3.36. The summed E-state index contributed by atoms with van der Waals surface area (Å²) in [6, 6.07) is 0. The van der Waals surface area contributed by atoms with Gasteiger partial charge in [0, 0.05) is 12.6 Å². The molecule has 2 rings (SSSR count). The average Bonchev–Trinajstić information content (AvgIpc) is 3.17. The van der Waals surface area contributed by atoms with Gasteiger partial charge in [-0.15, -0.1) is 0 Å². The van der Waals surface area contributed by atoms with Crippen LogP contribution in [0.4, 0.5) is 0 Å². The van der Waals surface area contributed by atoms with E-state index in [2.05, 4.69) is 9.38 Å². The van der Waals surface area contributed by atoms with Crippen LogP contribution < -0.4 is 0 Å². The quantitative estimate of drug-likeness (QED) is 0.535. The van der Waals surface area contributed by atoms with Crippen molar-refractivity contribution in [3.8, 4) is 0 Å². The first kappa shape index (κ1) is 18.3. The normalized spacial score (nSPS) is 19.4. The molecule has 6 nitrogen and oxygen atoms in total. The second-order valence-electron chi connectivity index (χ2n) is 6.54. The summed E-state index contributed by atoms with van der Waals surface area (Å²) in [4.78, 5) is 4.17. The molecule has 1 aliphatic heterocycles. The van der Waals surface area contributed by atoms with Crippen molar-refractivity contribution in [2.75, 3.05) is 13.2 Å². The van der Waals surface area contributed by atoms with E-state index in [1.165, 1.54) is 6.26 Å². The minimum atomic E-state index is -1.16. The molecule has 0 aliphatic carbocycles. The number of aromatic nitrogens is 1. The average molecular weight is 342 g/mol. The highest BCUT2D eigenvalue weighted by Gasteiger charge is 2.42. The van der Waals surface area contributed by atoms with Crippen molar-refractivity contribution < 1.29 is 18.1 Å². The molecule has 0 amide bonds. The van der Waals surface area contributed by atoms with Crippen LogP contribution in [0.1, 0.15) is 58.8 Å². The molecule has 0 bridgehead atoms. The lowest BCUT2D eigenvalue weighted by atomic mass is 10.1. The third-order valence-electron chi connectivity index (χ3n) is 3.55. The van der Waals surface area contributed by atoms with Crippen molar-refractivity contribution in [1.29, 1.82) is 0 Å². The highest BCUT2D eigenvalue weighted by Crippen LogP contribution is 2.35. The van der Waals surface area contributed by atoms with Gasteiger partial charge in [0.15, 0.2) is 0 Å². The number of rotatable bonds is 8. The summed E-state index contributed by atoms with van der Waals surface area (Å²) >= 11 is 0. The molecule has 0 aromatic carbocycles. The van der Waals surface area contributed by atoms with Gasteiger partial charge in [-0.25, -0.2) is 9.19 Å². The SMILES string of the molecule is CC(C)(C)[S@@](=O)N=CCCCCCC1(c2ncco2)OCCO1. The molecule has 7 heteroatoms. The molecular weight excluding hydrogens is 316 g/mol. The molecule has 23 heavy (non-hydrogen) atoms. The second-order valence-corrected chi connectivity index (χ2v) is 8.47. The summed E-state index contributed by atoms with van der Waals surface area (Å²) < 4.78 is 32.4. The van der Waals surface area contributed by atoms with Gasteiger partial charge in [-0.05, 0) is 40.0 Å². The molecule has 130 valence electrons. The van der Waals surface area contributed by atoms with Gasteiger partial charge < -0.3 is 13.9 Å². The van der Waals surface area contributed by atoms with Gasteiger partial charge in [0.05, 0.1) is 24.2 Å². The fourth-order valence-corrected chi connectivity index (χ4v) is 2.85. The lowest BCUT2D eigenvalue weighted by Crippen LogP contribution is -2.27. The van der Waals surface area contributed by atoms with Crippen molar-refractivity contribution in [2.24, 2.45) is 4.40 Å². The number of unbranched alkanes of at least 4 members (excludes halogenated alkanes) is 3. The standard InChI is InChI=1S/C16H26N2O4S/c1-15(2,3)23(19)18-9-7-5-4-6-8-16(21-12-13-22-16)14-17-10-11-20-14/h9-11H,4-8,12-13H2,1-3H3/t23-/m1/s1. The van der Waals surface area contributed by atoms with Crippen LogP contribution in [0.25, 0.3) is 0 Å². The zero-order chi connectivity index (χ0) is 16.8. The number of hydrogen-bond donors (Lipinski definition) is 0. The number of ether oxygens (including phenoxy) is 2. The van der Waals surface area contributed by atoms with Crippen LogP contribution in [0.2, 0.25) is 0 Å². The minimum Gasteiger partial charge on any atom is -0.444 e. The molecule has 0 unspecified atom stereocenters. The van der Waals surface area contributed by atoms with Gasteiger partial charge in [-0.1, -0.05) is 6.42 Å². The van der Waals surface area contributed by atoms with E-state index in [0.29, 0.717) is 19.1 Å². The Morgan fingerprint density at radius 3 is 2.65 bits per heavy atom. The largest absolute Gasteiger partial charge is 0.444 e. The maximum atomic E-state index is 11.8. The molecular formula is C16H26N2O4S. The summed E-state index contributed by atoms with van der Waals surface area (Å²) in [6.07, 6.45) is 9.41. The van der Waals surface area contributed by atoms with Gasteiger partial charge in [0.25, 0.3) is 5.89 Å². The van der Waals surface area contributed by atoms with Gasteiger partial charge in [0.2, 0.25) is 5.79 Å². The summed E-state index contributed by atoms with van der Waals surface area (Å²) in [5, 5.41) is 0. The number of oxazole rings is 1. The minimum absolute atomic E-state index is 0.296. The molecule has 2 heterocycles. The molecule has 1 aromatic rings. The molecule has 1 aromatic heterocycles. The second kappa shape index (κ2) is 8.17. The van der Waals surface area contributed by atoms with Crippen LogP contribution in [0, 0.1) is 0 Å². The van der Waals surface area contributed by atoms with Crippen LogP contribution in [-0.4, -0.2) is 33.4 Å². The maximum Gasteiger partial charge on any atom is 0.255 e. The molecule has 0 N–H and O–H groups in total. The van der Waals surface area contributed by atoms with E-state index in [1.807, 2.05) is 20.8 Å². The van der Waals surface area contributed by atoms with E-state index >= 15 is 0 Å². The first-order chi connectivity index (χ1) is 10.9. The lowest BCUT2D eigenvalue weighted by molar-refractivity contribution is -0.187. The van der Waals surface area contributed by atoms with Crippen LogP contribution in [0.5, 0.6) is 0 Å². The Labute approximate surface area is 140 Å². The third-order valence-corrected chi connectivity index (χ3v) is 4.93. The Bertz CT molecular complexity index is 517. The van der Waals surface area contributed by atoms with Crippen molar-refractivity contribution >= 4 is 17.2 Å². The predicted molar refractivity (Wildman–Crippen MR) is 89.6 cm³/mol. The van der Waals surface area contributed by atoms with Crippen molar-refractivity contribution in [1.82, 2.24) is 4.98 Å². The van der Waals surface area contributed by atoms with E-state index in [-0.39, 0.29) is 4.75 Å². The Morgan fingerprint density at radius 1 is 1.30 bits per heavy atom. The van der Waals surface area contributed by atoms with E-state index in [4.69, 9.17) is 13.9 Å². The van der Waals surface area contributed by atoms with Crippen LogP contribution in [-0.2, 0) is 26.2 Å². The zero-order valence-corrected chi connectivity index (χ0v) is 14.9. The Morgan fingerprint density at radius 2 is 2.04 bits per heavy atom. The summed E-state index contributed by atoms with van der Waals surface area (Å²) in [5.74, 6) is -0.317. The smallest absolute Gasteiger partial charge is 0.255 e. The molecule has 1 atom stereocenters. The molecule has 0 saturated carbocycles. The number of nitrogens with zero attached hydrogens (tertiary/aromatic N) is 2. The molecule has 1 fully saturated rings. The first-order valence-corrected chi connectivity index (χ1v) is 9.17. The van der Waals surface area contributed by atoms with Crippen molar-refractivity contribution in [3.05, 3.63) is 18.4 Å². The maximum absolute atomic E-state index is 11.8. The molecule has 0 spiro atoms. The fourth-order valence-electron chi connectivity index (χ4n) is 2.29. The zero-order valence-electron chi connectivity index (χ0n) is 14.1. The highest BCUT2D eigenvalue weighted by atomic mass is 32.2. The lowest BCUT2D eigenvalue weighted by Gasteiger charge is -2.23. The van der Waals surface area contributed by atoms with E-state index in [0.717, 1.165) is 32.1 Å². The Kier molecular flexibility index (Phi) is 6.50. The Balaban J connectivity index is 1.69. The van der Waals surface area contributed by atoms with Crippen molar-refractivity contribution in [2.45, 2.75) is 63.4 Å². The monoisotopic (exact) mass is 342 g/mol. The molecule has 1 aliphatic rings. The summed E-state index contributed by atoms with van der Waals surface area (Å²) in [5.41, 5.74) is 0. The Hall–Kier alpha value is -1.05. The van der Waals surface area contributed by atoms with E-state index in [1.54, 1.807) is 12.4 Å². The van der Waals surface area contributed by atoms with Crippen LogP contribution in [0.15, 0.2) is 21.3 Å². The third kappa shape index (κ3) is 5.22. The van der Waals surface area contributed by atoms with Crippen LogP contribution >= 0.6 is 0 Å². The fraction of sp³-hybridized carbons (Fsp3) is 0.750. The topological polar surface area (TPSA) is 73.9 Å². The number of hydrogen-bond acceptors (Lipinski definition) is 5. The van der Waals surface area contributed by atoms with E-state index < -0.39 is 16.8 Å². The van der Waals surface area contributed by atoms with Gasteiger partial charge in [0.1, 0.15) is 17.2 Å².